The van der Waals surface area contributed by atoms with E-state index in [1.54, 1.807) is 17.4 Å². The minimum Gasteiger partial charge on any atom is -0.306 e. The Balaban J connectivity index is 2.39. The Morgan fingerprint density at radius 1 is 1.42 bits per heavy atom. The van der Waals surface area contributed by atoms with Crippen LogP contribution in [0.15, 0.2) is 34.1 Å². The number of halogens is 2. The number of nitrogens with one attached hydrogen (secondary N) is 1. The van der Waals surface area contributed by atoms with Crippen molar-refractivity contribution in [2.24, 2.45) is 0 Å². The van der Waals surface area contributed by atoms with Crippen molar-refractivity contribution in [3.8, 4) is 0 Å². The lowest BCUT2D eigenvalue weighted by Crippen LogP contribution is -2.23. The first-order valence-corrected chi connectivity index (χ1v) is 8.03. The van der Waals surface area contributed by atoms with Gasteiger partial charge in [-0.1, -0.05) is 19.1 Å². The SMILES string of the molecule is CCCNC(c1csc(C)c1)c1cccc(F)c1Br. The molecule has 1 aromatic heterocycles. The molecule has 0 aliphatic carbocycles. The third-order valence-corrected chi connectivity index (χ3v) is 4.69. The Labute approximate surface area is 126 Å². The van der Waals surface area contributed by atoms with E-state index in [1.807, 2.05) is 6.07 Å². The Morgan fingerprint density at radius 2 is 2.21 bits per heavy atom. The number of aryl methyl sites for hydroxylation is 1. The van der Waals surface area contributed by atoms with E-state index in [1.165, 1.54) is 16.5 Å². The van der Waals surface area contributed by atoms with Crippen molar-refractivity contribution in [2.45, 2.75) is 26.3 Å². The van der Waals surface area contributed by atoms with Gasteiger partial charge in [-0.05, 0) is 64.5 Å². The Morgan fingerprint density at radius 3 is 2.84 bits per heavy atom. The fraction of sp³-hybridized carbons (Fsp3) is 0.333. The van der Waals surface area contributed by atoms with Gasteiger partial charge in [0.1, 0.15) is 5.82 Å². The highest BCUT2D eigenvalue weighted by Gasteiger charge is 2.18. The van der Waals surface area contributed by atoms with Gasteiger partial charge in [-0.2, -0.15) is 0 Å². The molecule has 0 aliphatic rings. The molecule has 2 rings (SSSR count). The van der Waals surface area contributed by atoms with Crippen LogP contribution in [0.25, 0.3) is 0 Å². The Hall–Kier alpha value is -0.710. The molecular weight excluding hydrogens is 325 g/mol. The van der Waals surface area contributed by atoms with Crippen LogP contribution in [0.1, 0.15) is 35.4 Å². The first-order valence-electron chi connectivity index (χ1n) is 6.35. The highest BCUT2D eigenvalue weighted by atomic mass is 79.9. The third-order valence-electron chi connectivity index (χ3n) is 2.98. The minimum absolute atomic E-state index is 0.0370. The normalized spacial score (nSPS) is 12.6. The molecule has 1 heterocycles. The molecule has 0 fully saturated rings. The average molecular weight is 342 g/mol. The lowest BCUT2D eigenvalue weighted by atomic mass is 10.0. The number of rotatable bonds is 5. The van der Waals surface area contributed by atoms with Gasteiger partial charge >= 0.3 is 0 Å². The molecule has 4 heteroatoms. The van der Waals surface area contributed by atoms with Gasteiger partial charge in [0.15, 0.2) is 0 Å². The highest BCUT2D eigenvalue weighted by molar-refractivity contribution is 9.10. The zero-order chi connectivity index (χ0) is 13.8. The van der Waals surface area contributed by atoms with Gasteiger partial charge in [-0.3, -0.25) is 0 Å². The first kappa shape index (κ1) is 14.7. The van der Waals surface area contributed by atoms with Gasteiger partial charge in [0.05, 0.1) is 10.5 Å². The molecule has 1 atom stereocenters. The predicted molar refractivity (Wildman–Crippen MR) is 83.3 cm³/mol. The summed E-state index contributed by atoms with van der Waals surface area (Å²) >= 11 is 5.09. The maximum absolute atomic E-state index is 13.7. The second-order valence-corrected chi connectivity index (χ2v) is 6.43. The molecule has 1 unspecified atom stereocenters. The van der Waals surface area contributed by atoms with Gasteiger partial charge in [-0.15, -0.1) is 11.3 Å². The molecule has 1 nitrogen and oxygen atoms in total. The van der Waals surface area contributed by atoms with Gasteiger partial charge in [0, 0.05) is 4.88 Å². The fourth-order valence-corrected chi connectivity index (χ4v) is 3.28. The monoisotopic (exact) mass is 341 g/mol. The molecule has 0 amide bonds. The van der Waals surface area contributed by atoms with Crippen LogP contribution < -0.4 is 5.32 Å². The standard InChI is InChI=1S/C15H17BrFNS/c1-3-7-18-15(11-8-10(2)19-9-11)12-5-4-6-13(17)14(12)16/h4-6,8-9,15,18H,3,7H2,1-2H3. The molecule has 102 valence electrons. The van der Waals surface area contributed by atoms with Crippen LogP contribution in [-0.4, -0.2) is 6.54 Å². The second-order valence-electron chi connectivity index (χ2n) is 4.52. The third kappa shape index (κ3) is 3.44. The van der Waals surface area contributed by atoms with Crippen molar-refractivity contribution >= 4 is 27.3 Å². The van der Waals surface area contributed by atoms with Crippen LogP contribution in [-0.2, 0) is 0 Å². The van der Waals surface area contributed by atoms with Crippen LogP contribution in [0.5, 0.6) is 0 Å². The molecule has 1 aromatic carbocycles. The summed E-state index contributed by atoms with van der Waals surface area (Å²) in [7, 11) is 0. The zero-order valence-corrected chi connectivity index (χ0v) is 13.4. The molecule has 0 saturated carbocycles. The first-order chi connectivity index (χ1) is 9.13. The lowest BCUT2D eigenvalue weighted by Gasteiger charge is -2.19. The van der Waals surface area contributed by atoms with E-state index in [0.29, 0.717) is 4.47 Å². The number of thiophene rings is 1. The van der Waals surface area contributed by atoms with E-state index in [9.17, 15) is 4.39 Å². The van der Waals surface area contributed by atoms with E-state index in [2.05, 4.69) is 46.5 Å². The molecule has 0 bridgehead atoms. The zero-order valence-electron chi connectivity index (χ0n) is 11.0. The molecule has 0 radical (unpaired) electrons. The second kappa shape index (κ2) is 6.64. The molecule has 2 aromatic rings. The van der Waals surface area contributed by atoms with Gasteiger partial charge in [0.2, 0.25) is 0 Å². The minimum atomic E-state index is -0.215. The summed E-state index contributed by atoms with van der Waals surface area (Å²) in [5.41, 5.74) is 2.15. The van der Waals surface area contributed by atoms with Crippen LogP contribution in [0.4, 0.5) is 4.39 Å². The summed E-state index contributed by atoms with van der Waals surface area (Å²) in [6, 6.07) is 7.40. The van der Waals surface area contributed by atoms with Gasteiger partial charge in [-0.25, -0.2) is 4.39 Å². The van der Waals surface area contributed by atoms with Crippen LogP contribution in [0, 0.1) is 12.7 Å². The highest BCUT2D eigenvalue weighted by Crippen LogP contribution is 2.32. The topological polar surface area (TPSA) is 12.0 Å². The summed E-state index contributed by atoms with van der Waals surface area (Å²) in [5, 5.41) is 5.63. The summed E-state index contributed by atoms with van der Waals surface area (Å²) < 4.78 is 14.3. The van der Waals surface area contributed by atoms with Crippen molar-refractivity contribution in [1.82, 2.24) is 5.32 Å². The van der Waals surface area contributed by atoms with Crippen molar-refractivity contribution in [1.29, 1.82) is 0 Å². The van der Waals surface area contributed by atoms with Crippen molar-refractivity contribution in [3.05, 3.63) is 55.9 Å². The quantitative estimate of drug-likeness (QED) is 0.802. The van der Waals surface area contributed by atoms with Crippen LogP contribution in [0.3, 0.4) is 0 Å². The molecule has 0 saturated heterocycles. The van der Waals surface area contributed by atoms with Crippen LogP contribution >= 0.6 is 27.3 Å². The Bertz CT molecular complexity index is 553. The van der Waals surface area contributed by atoms with E-state index >= 15 is 0 Å². The molecular formula is C15H17BrFNS. The number of benzene rings is 1. The maximum atomic E-state index is 13.7. The van der Waals surface area contributed by atoms with E-state index in [0.717, 1.165) is 18.5 Å². The van der Waals surface area contributed by atoms with Crippen LogP contribution in [0.2, 0.25) is 0 Å². The summed E-state index contributed by atoms with van der Waals surface area (Å²) in [4.78, 5) is 1.27. The summed E-state index contributed by atoms with van der Waals surface area (Å²) in [5.74, 6) is -0.215. The van der Waals surface area contributed by atoms with Crippen molar-refractivity contribution in [3.63, 3.8) is 0 Å². The van der Waals surface area contributed by atoms with Gasteiger partial charge < -0.3 is 5.32 Å². The molecule has 0 aliphatic heterocycles. The average Bonchev–Trinajstić information content (AvgIpc) is 2.81. The smallest absolute Gasteiger partial charge is 0.137 e. The molecule has 19 heavy (non-hydrogen) atoms. The number of hydrogen-bond acceptors (Lipinski definition) is 2. The van der Waals surface area contributed by atoms with Crippen molar-refractivity contribution < 1.29 is 4.39 Å². The van der Waals surface area contributed by atoms with E-state index < -0.39 is 0 Å². The van der Waals surface area contributed by atoms with Crippen molar-refractivity contribution in [2.75, 3.05) is 6.54 Å². The predicted octanol–water partition coefficient (Wildman–Crippen LogP) is 5.05. The largest absolute Gasteiger partial charge is 0.306 e. The Kier molecular flexibility index (Phi) is 5.13. The number of hydrogen-bond donors (Lipinski definition) is 1. The fourth-order valence-electron chi connectivity index (χ4n) is 2.05. The maximum Gasteiger partial charge on any atom is 0.137 e. The summed E-state index contributed by atoms with van der Waals surface area (Å²) in [6.45, 7) is 5.12. The lowest BCUT2D eigenvalue weighted by molar-refractivity contribution is 0.581. The molecule has 1 N–H and O–H groups in total. The van der Waals surface area contributed by atoms with E-state index in [4.69, 9.17) is 0 Å². The molecule has 0 spiro atoms. The van der Waals surface area contributed by atoms with Gasteiger partial charge in [0.25, 0.3) is 0 Å². The summed E-state index contributed by atoms with van der Waals surface area (Å²) in [6.07, 6.45) is 1.05. The van der Waals surface area contributed by atoms with E-state index in [-0.39, 0.29) is 11.9 Å².